The second-order valence-corrected chi connectivity index (χ2v) is 15.0. The Morgan fingerprint density at radius 1 is 1.07 bits per heavy atom. The molecular weight excluding hydrogens is 633 g/mol. The molecule has 1 aliphatic heterocycles. The molecular formula is C30H49N8O6S2+. The van der Waals surface area contributed by atoms with Gasteiger partial charge in [0.15, 0.2) is 5.96 Å². The Morgan fingerprint density at radius 2 is 1.76 bits per heavy atom. The summed E-state index contributed by atoms with van der Waals surface area (Å²) in [4.78, 5) is 68.2. The number of aliphatic imine (C=N–C) groups is 1. The number of fused-ring (bicyclic) bond motifs is 2. The van der Waals surface area contributed by atoms with Crippen molar-refractivity contribution in [1.29, 1.82) is 0 Å². The van der Waals surface area contributed by atoms with Crippen molar-refractivity contribution < 1.29 is 29.1 Å². The molecule has 256 valence electrons. The van der Waals surface area contributed by atoms with E-state index in [4.69, 9.17) is 17.2 Å². The van der Waals surface area contributed by atoms with E-state index in [-0.39, 0.29) is 42.2 Å². The van der Waals surface area contributed by atoms with Crippen molar-refractivity contribution in [2.45, 2.75) is 75.2 Å². The smallest absolute Gasteiger partial charge is 0.326 e. The fraction of sp³-hybridized carbons (Fsp3) is 0.600. The van der Waals surface area contributed by atoms with E-state index < -0.39 is 60.3 Å². The Morgan fingerprint density at radius 3 is 2.43 bits per heavy atom. The zero-order valence-electron chi connectivity index (χ0n) is 26.8. The second kappa shape index (κ2) is 19.9. The molecule has 46 heavy (non-hydrogen) atoms. The van der Waals surface area contributed by atoms with Crippen LogP contribution in [-0.2, 0) is 46.4 Å². The highest BCUT2D eigenvalue weighted by atomic mass is 32.2. The summed E-state index contributed by atoms with van der Waals surface area (Å²) < 4.78 is 0. The van der Waals surface area contributed by atoms with Gasteiger partial charge in [0, 0.05) is 30.0 Å². The van der Waals surface area contributed by atoms with Crippen LogP contribution in [0.3, 0.4) is 0 Å². The molecule has 1 heterocycles. The van der Waals surface area contributed by atoms with Gasteiger partial charge in [0.25, 0.3) is 0 Å². The van der Waals surface area contributed by atoms with Crippen molar-refractivity contribution in [2.75, 3.05) is 30.9 Å². The monoisotopic (exact) mass is 681 g/mol. The van der Waals surface area contributed by atoms with Crippen LogP contribution < -0.4 is 38.5 Å². The molecule has 1 aromatic rings. The fourth-order valence-electron chi connectivity index (χ4n) is 4.68. The maximum Gasteiger partial charge on any atom is 0.326 e. The van der Waals surface area contributed by atoms with E-state index >= 15 is 0 Å². The number of nitrogens with two attached hydrogens (primary N) is 3. The first kappa shape index (κ1) is 38.7. The lowest BCUT2D eigenvalue weighted by Crippen LogP contribution is -2.57. The molecule has 2 rings (SSSR count). The van der Waals surface area contributed by atoms with Gasteiger partial charge in [0.05, 0.1) is 18.8 Å². The van der Waals surface area contributed by atoms with Crippen LogP contribution in [0.2, 0.25) is 0 Å². The van der Waals surface area contributed by atoms with Gasteiger partial charge in [-0.05, 0) is 41.6 Å². The number of carboxylic acid groups (broad SMARTS) is 1. The average molecular weight is 682 g/mol. The number of nitrogens with one attached hydrogen (secondary N) is 4. The predicted molar refractivity (Wildman–Crippen MR) is 183 cm³/mol. The summed E-state index contributed by atoms with van der Waals surface area (Å²) in [6.07, 6.45) is 3.03. The van der Waals surface area contributed by atoms with E-state index in [1.54, 1.807) is 0 Å². The first-order valence-electron chi connectivity index (χ1n) is 15.2. The number of hydrogen-bond acceptors (Lipinski definition) is 8. The lowest BCUT2D eigenvalue weighted by molar-refractivity contribution is -0.141. The first-order chi connectivity index (χ1) is 21.7. The molecule has 11 N–H and O–H groups in total. The molecule has 16 heteroatoms. The number of carbonyl (C=O) groups is 5. The maximum absolute atomic E-state index is 13.4. The molecule has 0 fully saturated rings. The van der Waals surface area contributed by atoms with Gasteiger partial charge in [-0.1, -0.05) is 38.1 Å². The third-order valence-electron chi connectivity index (χ3n) is 7.04. The van der Waals surface area contributed by atoms with E-state index in [9.17, 15) is 29.1 Å². The van der Waals surface area contributed by atoms with Crippen molar-refractivity contribution in [2.24, 2.45) is 28.1 Å². The standard InChI is InChI=1S/C30H48N8O6S2/c1-18(2)12-24-28(42)37-22(8-5-10-34-30(32)33)27(41)35-14-25(39)36-23(29(43)44)9-11-46(3)17-20-7-4-6-19(13-20)15-45-16-21(31)26(40)38-24/h4,6-7,13,18,21-24H,5,8-12,14-17,31H2,1-3H3,(H8-,32,33,34,35,36,37,38,39,40,41,42,43,44)/p+1/t21-,22-,23-,24-,46?/m0/s1. The fourth-order valence-corrected chi connectivity index (χ4v) is 7.15. The van der Waals surface area contributed by atoms with Gasteiger partial charge in [-0.25, -0.2) is 4.79 Å². The highest BCUT2D eigenvalue weighted by Gasteiger charge is 2.30. The van der Waals surface area contributed by atoms with Crippen LogP contribution in [0.1, 0.15) is 50.7 Å². The third kappa shape index (κ3) is 14.7. The van der Waals surface area contributed by atoms with E-state index in [2.05, 4.69) is 38.6 Å². The minimum atomic E-state index is -1.16. The van der Waals surface area contributed by atoms with Gasteiger partial charge in [-0.15, -0.1) is 0 Å². The van der Waals surface area contributed by atoms with Crippen molar-refractivity contribution in [3.05, 3.63) is 35.4 Å². The van der Waals surface area contributed by atoms with Crippen molar-refractivity contribution in [3.63, 3.8) is 0 Å². The highest BCUT2D eigenvalue weighted by Crippen LogP contribution is 2.17. The number of thioether (sulfide) groups is 1. The van der Waals surface area contributed by atoms with E-state index in [0.717, 1.165) is 16.9 Å². The number of amides is 4. The van der Waals surface area contributed by atoms with Gasteiger partial charge in [-0.2, -0.15) is 11.8 Å². The summed E-state index contributed by atoms with van der Waals surface area (Å²) in [7, 11) is -0.161. The molecule has 4 amide bonds. The van der Waals surface area contributed by atoms with Crippen LogP contribution in [-0.4, -0.2) is 95.7 Å². The van der Waals surface area contributed by atoms with Crippen LogP contribution >= 0.6 is 11.8 Å². The zero-order valence-corrected chi connectivity index (χ0v) is 28.4. The van der Waals surface area contributed by atoms with Gasteiger partial charge < -0.3 is 43.6 Å². The second-order valence-electron chi connectivity index (χ2n) is 11.7. The van der Waals surface area contributed by atoms with Crippen LogP contribution in [0.25, 0.3) is 0 Å². The summed E-state index contributed by atoms with van der Waals surface area (Å²) in [5.74, 6) is -1.35. The molecule has 0 radical (unpaired) electrons. The summed E-state index contributed by atoms with van der Waals surface area (Å²) in [6.45, 7) is 3.50. The Bertz CT molecular complexity index is 1230. The Kier molecular flexibility index (Phi) is 16.7. The van der Waals surface area contributed by atoms with E-state index in [1.165, 1.54) is 11.8 Å². The number of hydrogen-bond donors (Lipinski definition) is 8. The van der Waals surface area contributed by atoms with Crippen molar-refractivity contribution in [1.82, 2.24) is 21.3 Å². The Labute approximate surface area is 277 Å². The molecule has 0 saturated heterocycles. The van der Waals surface area contributed by atoms with Crippen LogP contribution in [0, 0.1) is 5.92 Å². The quantitative estimate of drug-likeness (QED) is 0.0767. The number of rotatable bonds is 7. The minimum absolute atomic E-state index is 0.0277. The SMILES string of the molecule is CC(C)C[C@@H]1NC(=O)[C@@H](N)CSCc2cccc(c2)C[S+](C)CC[C@@H](C(=O)O)NC(=O)CNC(=O)[C@H](CCCN=C(N)N)NC1=O. The summed E-state index contributed by atoms with van der Waals surface area (Å²) in [6, 6.07) is 4.05. The largest absolute Gasteiger partial charge is 0.480 e. The summed E-state index contributed by atoms with van der Waals surface area (Å²) >= 11 is 1.51. The van der Waals surface area contributed by atoms with Crippen molar-refractivity contribution >= 4 is 58.2 Å². The summed E-state index contributed by atoms with van der Waals surface area (Å²) in [5, 5.41) is 20.2. The van der Waals surface area contributed by atoms with Crippen LogP contribution in [0.4, 0.5) is 0 Å². The van der Waals surface area contributed by atoms with Gasteiger partial charge in [0.2, 0.25) is 23.6 Å². The molecule has 0 saturated carbocycles. The molecule has 0 aliphatic carbocycles. The summed E-state index contributed by atoms with van der Waals surface area (Å²) in [5.41, 5.74) is 19.2. The average Bonchev–Trinajstić information content (AvgIpc) is 2.98. The molecule has 0 aromatic heterocycles. The van der Waals surface area contributed by atoms with Crippen LogP contribution in [0.5, 0.6) is 0 Å². The normalized spacial score (nSPS) is 24.6. The maximum atomic E-state index is 13.4. The van der Waals surface area contributed by atoms with E-state index in [1.807, 2.05) is 32.0 Å². The molecule has 2 bridgehead atoms. The molecule has 5 atom stereocenters. The Balaban J connectivity index is 2.30. The molecule has 1 aromatic carbocycles. The number of nitrogens with zero attached hydrogens (tertiary/aromatic N) is 1. The minimum Gasteiger partial charge on any atom is -0.480 e. The molecule has 0 spiro atoms. The highest BCUT2D eigenvalue weighted by molar-refractivity contribution is 7.98. The number of benzene rings is 1. The van der Waals surface area contributed by atoms with Gasteiger partial charge in [0.1, 0.15) is 29.6 Å². The molecule has 1 unspecified atom stereocenters. The molecule has 1 aliphatic rings. The lowest BCUT2D eigenvalue weighted by atomic mass is 10.0. The topological polar surface area (TPSA) is 244 Å². The van der Waals surface area contributed by atoms with Crippen molar-refractivity contribution in [3.8, 4) is 0 Å². The number of guanidine groups is 1. The first-order valence-corrected chi connectivity index (χ1v) is 18.3. The number of carbonyl (C=O) groups excluding carboxylic acids is 4. The predicted octanol–water partition coefficient (Wildman–Crippen LogP) is -0.846. The zero-order chi connectivity index (χ0) is 34.2. The van der Waals surface area contributed by atoms with Gasteiger partial charge in [-0.3, -0.25) is 24.2 Å². The number of carboxylic acids is 1. The Hall–Kier alpha value is -3.50. The lowest BCUT2D eigenvalue weighted by Gasteiger charge is -2.25. The molecule has 14 nitrogen and oxygen atoms in total. The number of aliphatic carboxylic acids is 1. The van der Waals surface area contributed by atoms with Gasteiger partial charge >= 0.3 is 5.97 Å². The third-order valence-corrected chi connectivity index (χ3v) is 9.93. The van der Waals surface area contributed by atoms with E-state index in [0.29, 0.717) is 30.1 Å². The van der Waals surface area contributed by atoms with Crippen LogP contribution in [0.15, 0.2) is 29.3 Å².